The Morgan fingerprint density at radius 1 is 1.00 bits per heavy atom. The van der Waals surface area contributed by atoms with Crippen LogP contribution in [0.2, 0.25) is 0 Å². The van der Waals surface area contributed by atoms with Gasteiger partial charge in [0.1, 0.15) is 5.65 Å². The quantitative estimate of drug-likeness (QED) is 0.412. The van der Waals surface area contributed by atoms with E-state index in [0.29, 0.717) is 29.8 Å². The van der Waals surface area contributed by atoms with E-state index in [4.69, 9.17) is 5.10 Å². The van der Waals surface area contributed by atoms with E-state index < -0.39 is 0 Å². The van der Waals surface area contributed by atoms with Gasteiger partial charge in [-0.25, -0.2) is 4.68 Å². The normalized spacial score (nSPS) is 11.1. The van der Waals surface area contributed by atoms with Crippen LogP contribution in [0.4, 0.5) is 5.69 Å². The number of rotatable bonds is 7. The number of nitrogens with one attached hydrogen (secondary N) is 1. The fourth-order valence-electron chi connectivity index (χ4n) is 4.36. The van der Waals surface area contributed by atoms with Crippen molar-refractivity contribution in [1.29, 1.82) is 0 Å². The van der Waals surface area contributed by atoms with Crippen LogP contribution in [0, 0.1) is 13.8 Å². The number of carbonyl (C=O) groups is 2. The highest BCUT2D eigenvalue weighted by atomic mass is 16.2. The molecule has 0 aliphatic carbocycles. The fourth-order valence-corrected chi connectivity index (χ4v) is 4.36. The van der Waals surface area contributed by atoms with Crippen LogP contribution in [-0.4, -0.2) is 26.0 Å². The molecule has 2 heterocycles. The minimum Gasteiger partial charge on any atom is -0.326 e. The molecule has 2 aromatic heterocycles. The number of carbonyl (C=O) groups excluding carboxylic acids is 2. The third-order valence-corrected chi connectivity index (χ3v) is 6.12. The highest BCUT2D eigenvalue weighted by Gasteiger charge is 2.21. The van der Waals surface area contributed by atoms with Crippen LogP contribution in [0.25, 0.3) is 16.7 Å². The van der Waals surface area contributed by atoms with Gasteiger partial charge in [-0.15, -0.1) is 0 Å². The van der Waals surface area contributed by atoms with E-state index in [1.165, 1.54) is 6.92 Å². The summed E-state index contributed by atoms with van der Waals surface area (Å²) in [5, 5.41) is 8.53. The molecule has 0 spiro atoms. The average Bonchev–Trinajstić information content (AvgIpc) is 3.17. The van der Waals surface area contributed by atoms with E-state index in [-0.39, 0.29) is 23.7 Å². The lowest BCUT2D eigenvalue weighted by Crippen LogP contribution is -2.27. The molecule has 0 fully saturated rings. The lowest BCUT2D eigenvalue weighted by atomic mass is 10.0. The summed E-state index contributed by atoms with van der Waals surface area (Å²) < 4.78 is 3.56. The van der Waals surface area contributed by atoms with Crippen LogP contribution in [0.3, 0.4) is 0 Å². The number of amides is 1. The number of fused-ring (bicyclic) bond motifs is 1. The van der Waals surface area contributed by atoms with Gasteiger partial charge < -0.3 is 5.32 Å². The first kappa shape index (κ1) is 23.2. The van der Waals surface area contributed by atoms with Gasteiger partial charge in [-0.05, 0) is 76.1 Å². The minimum atomic E-state index is -0.186. The summed E-state index contributed by atoms with van der Waals surface area (Å²) in [5.74, 6) is -0.212. The Balaban J connectivity index is 1.64. The first-order valence-electron chi connectivity index (χ1n) is 11.4. The molecule has 0 aliphatic heterocycles. The predicted molar refractivity (Wildman–Crippen MR) is 134 cm³/mol. The number of hydrogen-bond donors (Lipinski definition) is 1. The molecule has 0 saturated heterocycles. The zero-order chi connectivity index (χ0) is 24.4. The number of aryl methyl sites for hydroxylation is 3. The smallest absolute Gasteiger partial charge is 0.255 e. The standard InChI is InChI=1S/C27H28N4O3/c1-5-30-26-25(18(3)29-31(26)22-9-7-6-8-10-22)17(2)23(27(30)34)15-16-24(33)28-21-13-11-20(12-14-21)19(4)32/h6-14H,5,15-16H2,1-4H3,(H,28,33). The van der Waals surface area contributed by atoms with Crippen molar-refractivity contribution in [2.75, 3.05) is 5.32 Å². The SMILES string of the molecule is CCn1c(=O)c(CCC(=O)Nc2ccc(C(C)=O)cc2)c(C)c2c(C)nn(-c3ccccc3)c21. The van der Waals surface area contributed by atoms with Gasteiger partial charge in [0.25, 0.3) is 5.56 Å². The number of aromatic nitrogens is 3. The molecule has 1 N–H and O–H groups in total. The number of hydrogen-bond acceptors (Lipinski definition) is 4. The largest absolute Gasteiger partial charge is 0.326 e. The van der Waals surface area contributed by atoms with Crippen molar-refractivity contribution in [3.63, 3.8) is 0 Å². The number of pyridine rings is 1. The van der Waals surface area contributed by atoms with Gasteiger partial charge in [0.2, 0.25) is 5.91 Å². The van der Waals surface area contributed by atoms with Crippen molar-refractivity contribution >= 4 is 28.4 Å². The van der Waals surface area contributed by atoms with E-state index in [1.807, 2.05) is 55.8 Å². The molecule has 0 radical (unpaired) electrons. The zero-order valence-corrected chi connectivity index (χ0v) is 19.9. The monoisotopic (exact) mass is 456 g/mol. The van der Waals surface area contributed by atoms with Crippen molar-refractivity contribution in [1.82, 2.24) is 14.3 Å². The molecule has 0 aliphatic rings. The predicted octanol–water partition coefficient (Wildman–Crippen LogP) is 4.60. The van der Waals surface area contributed by atoms with Gasteiger partial charge >= 0.3 is 0 Å². The van der Waals surface area contributed by atoms with Crippen LogP contribution in [0.1, 0.15) is 47.4 Å². The Hall–Kier alpha value is -4.00. The number of benzene rings is 2. The lowest BCUT2D eigenvalue weighted by molar-refractivity contribution is -0.116. The number of para-hydroxylation sites is 1. The van der Waals surface area contributed by atoms with E-state index in [9.17, 15) is 14.4 Å². The van der Waals surface area contributed by atoms with E-state index in [0.717, 1.165) is 28.0 Å². The summed E-state index contributed by atoms with van der Waals surface area (Å²) in [6.45, 7) is 7.81. The zero-order valence-electron chi connectivity index (χ0n) is 19.9. The summed E-state index contributed by atoms with van der Waals surface area (Å²) in [6.07, 6.45) is 0.500. The molecule has 0 atom stereocenters. The summed E-state index contributed by atoms with van der Waals surface area (Å²) in [7, 11) is 0. The molecule has 0 unspecified atom stereocenters. The maximum atomic E-state index is 13.5. The Kier molecular flexibility index (Phi) is 6.45. The first-order valence-corrected chi connectivity index (χ1v) is 11.4. The molecule has 7 nitrogen and oxygen atoms in total. The summed E-state index contributed by atoms with van der Waals surface area (Å²) in [6, 6.07) is 16.5. The third-order valence-electron chi connectivity index (χ3n) is 6.12. The second-order valence-electron chi connectivity index (χ2n) is 8.37. The maximum absolute atomic E-state index is 13.5. The number of anilines is 1. The molecule has 174 valence electrons. The molecule has 34 heavy (non-hydrogen) atoms. The van der Waals surface area contributed by atoms with Crippen molar-refractivity contribution in [2.24, 2.45) is 0 Å². The Morgan fingerprint density at radius 2 is 1.68 bits per heavy atom. The molecule has 1 amide bonds. The highest BCUT2D eigenvalue weighted by molar-refractivity contribution is 5.95. The molecule has 4 aromatic rings. The van der Waals surface area contributed by atoms with Gasteiger partial charge in [-0.1, -0.05) is 18.2 Å². The Morgan fingerprint density at radius 3 is 2.29 bits per heavy atom. The Labute approximate surface area is 198 Å². The maximum Gasteiger partial charge on any atom is 0.255 e. The highest BCUT2D eigenvalue weighted by Crippen LogP contribution is 2.26. The summed E-state index contributed by atoms with van der Waals surface area (Å²) in [4.78, 5) is 37.5. The fraction of sp³-hybridized carbons (Fsp3) is 0.259. The third kappa shape index (κ3) is 4.29. The second kappa shape index (κ2) is 9.47. The van der Waals surface area contributed by atoms with Crippen LogP contribution in [-0.2, 0) is 17.8 Å². The van der Waals surface area contributed by atoms with Crippen molar-refractivity contribution in [3.05, 3.63) is 87.3 Å². The topological polar surface area (TPSA) is 86.0 Å². The van der Waals surface area contributed by atoms with E-state index in [1.54, 1.807) is 28.8 Å². The van der Waals surface area contributed by atoms with Crippen LogP contribution < -0.4 is 10.9 Å². The van der Waals surface area contributed by atoms with Crippen LogP contribution in [0.5, 0.6) is 0 Å². The van der Waals surface area contributed by atoms with Gasteiger partial charge in [-0.2, -0.15) is 5.10 Å². The molecule has 7 heteroatoms. The summed E-state index contributed by atoms with van der Waals surface area (Å²) >= 11 is 0. The van der Waals surface area contributed by atoms with Crippen molar-refractivity contribution < 1.29 is 9.59 Å². The minimum absolute atomic E-state index is 0.0261. The second-order valence-corrected chi connectivity index (χ2v) is 8.37. The Bertz CT molecular complexity index is 1430. The number of ketones is 1. The van der Waals surface area contributed by atoms with Crippen molar-refractivity contribution in [3.8, 4) is 5.69 Å². The van der Waals surface area contributed by atoms with Crippen molar-refractivity contribution in [2.45, 2.75) is 47.1 Å². The van der Waals surface area contributed by atoms with Crippen LogP contribution >= 0.6 is 0 Å². The van der Waals surface area contributed by atoms with Gasteiger partial charge in [0.15, 0.2) is 5.78 Å². The average molecular weight is 457 g/mol. The van der Waals surface area contributed by atoms with E-state index >= 15 is 0 Å². The first-order chi connectivity index (χ1) is 16.3. The molecule has 2 aromatic carbocycles. The molecule has 4 rings (SSSR count). The molecule has 0 saturated carbocycles. The molecular weight excluding hydrogens is 428 g/mol. The van der Waals surface area contributed by atoms with Gasteiger partial charge in [0.05, 0.1) is 11.4 Å². The summed E-state index contributed by atoms with van der Waals surface area (Å²) in [5.41, 5.74) is 5.12. The van der Waals surface area contributed by atoms with Gasteiger partial charge in [-0.3, -0.25) is 19.0 Å². The van der Waals surface area contributed by atoms with Crippen LogP contribution in [0.15, 0.2) is 59.4 Å². The van der Waals surface area contributed by atoms with Gasteiger partial charge in [0, 0.05) is 35.2 Å². The molecule has 0 bridgehead atoms. The number of Topliss-reactive ketones (excluding diaryl/α,β-unsaturated/α-hetero) is 1. The molecular formula is C27H28N4O3. The van der Waals surface area contributed by atoms with E-state index in [2.05, 4.69) is 5.32 Å². The lowest BCUT2D eigenvalue weighted by Gasteiger charge is -2.14. The number of nitrogens with zero attached hydrogens (tertiary/aromatic N) is 3.